The first-order chi connectivity index (χ1) is 14.7. The lowest BCUT2D eigenvalue weighted by molar-refractivity contribution is -0.122. The van der Waals surface area contributed by atoms with Gasteiger partial charge in [-0.3, -0.25) is 9.10 Å². The molecule has 2 atom stereocenters. The van der Waals surface area contributed by atoms with Crippen molar-refractivity contribution in [2.75, 3.05) is 30.8 Å². The number of hydrogen-bond acceptors (Lipinski definition) is 6. The Hall–Kier alpha value is -2.65. The lowest BCUT2D eigenvalue weighted by Crippen LogP contribution is -2.51. The van der Waals surface area contributed by atoms with E-state index < -0.39 is 28.1 Å². The van der Waals surface area contributed by atoms with E-state index in [-0.39, 0.29) is 30.3 Å². The van der Waals surface area contributed by atoms with Gasteiger partial charge in [0, 0.05) is 0 Å². The fourth-order valence-electron chi connectivity index (χ4n) is 3.35. The monoisotopic (exact) mass is 468 g/mol. The van der Waals surface area contributed by atoms with Crippen molar-refractivity contribution in [3.05, 3.63) is 47.5 Å². The fourth-order valence-corrected chi connectivity index (χ4v) is 4.80. The first-order valence-corrected chi connectivity index (χ1v) is 12.0. The van der Waals surface area contributed by atoms with E-state index >= 15 is 0 Å². The molecule has 168 valence electrons. The number of carbonyl (C=O) groups is 1. The van der Waals surface area contributed by atoms with Crippen LogP contribution in [-0.4, -0.2) is 53.0 Å². The van der Waals surface area contributed by atoms with Crippen LogP contribution in [0.3, 0.4) is 0 Å². The number of hydrogen-bond donors (Lipinski definition) is 1. The van der Waals surface area contributed by atoms with Crippen LogP contribution in [0.1, 0.15) is 13.3 Å². The zero-order valence-electron chi connectivity index (χ0n) is 17.5. The van der Waals surface area contributed by atoms with Crippen molar-refractivity contribution < 1.29 is 27.4 Å². The van der Waals surface area contributed by atoms with E-state index in [0.717, 1.165) is 10.6 Å². The average molecular weight is 469 g/mol. The summed E-state index contributed by atoms with van der Waals surface area (Å²) < 4.78 is 42.8. The number of sulfonamides is 1. The van der Waals surface area contributed by atoms with Crippen molar-refractivity contribution in [3.8, 4) is 17.2 Å². The standard InChI is InChI=1S/C21H25ClN2O6S/c1-4-17(24(31(3,26)27)14-9-10-18(28-2)16(22)11-14)21(25)23-12-15-13-29-19-7-5-6-8-20(19)30-15/h5-11,15,17H,4,12-13H2,1-3H3,(H,23,25)/t15-,17+/m1/s1. The van der Waals surface area contributed by atoms with Gasteiger partial charge in [-0.2, -0.15) is 0 Å². The van der Waals surface area contributed by atoms with Gasteiger partial charge < -0.3 is 19.5 Å². The van der Waals surface area contributed by atoms with Crippen molar-refractivity contribution in [2.24, 2.45) is 0 Å². The lowest BCUT2D eigenvalue weighted by Gasteiger charge is -2.31. The number of benzene rings is 2. The Morgan fingerprint density at radius 3 is 2.61 bits per heavy atom. The van der Waals surface area contributed by atoms with Gasteiger partial charge in [-0.05, 0) is 36.8 Å². The smallest absolute Gasteiger partial charge is 0.244 e. The molecule has 0 fully saturated rings. The Bertz CT molecular complexity index is 1050. The molecule has 0 saturated carbocycles. The van der Waals surface area contributed by atoms with Gasteiger partial charge in [-0.15, -0.1) is 0 Å². The molecule has 10 heteroatoms. The average Bonchev–Trinajstić information content (AvgIpc) is 2.74. The number of fused-ring (bicyclic) bond motifs is 1. The molecule has 0 saturated heterocycles. The molecule has 0 aliphatic carbocycles. The first-order valence-electron chi connectivity index (χ1n) is 9.73. The van der Waals surface area contributed by atoms with Crippen LogP contribution in [-0.2, 0) is 14.8 Å². The van der Waals surface area contributed by atoms with Crippen molar-refractivity contribution in [1.29, 1.82) is 0 Å². The van der Waals surface area contributed by atoms with Gasteiger partial charge in [0.05, 0.1) is 30.6 Å². The number of nitrogens with zero attached hydrogens (tertiary/aromatic N) is 1. The molecule has 0 unspecified atom stereocenters. The molecule has 1 aliphatic rings. The Balaban J connectivity index is 1.75. The summed E-state index contributed by atoms with van der Waals surface area (Å²) in [5, 5.41) is 3.03. The number of rotatable bonds is 8. The number of carbonyl (C=O) groups excluding carboxylic acids is 1. The summed E-state index contributed by atoms with van der Waals surface area (Å²) in [5.74, 6) is 1.22. The predicted octanol–water partition coefficient (Wildman–Crippen LogP) is 2.85. The molecule has 2 aromatic rings. The predicted molar refractivity (Wildman–Crippen MR) is 119 cm³/mol. The van der Waals surface area contributed by atoms with Gasteiger partial charge in [0.2, 0.25) is 15.9 Å². The van der Waals surface area contributed by atoms with Crippen LogP contribution in [0.5, 0.6) is 17.2 Å². The van der Waals surface area contributed by atoms with Crippen molar-refractivity contribution in [1.82, 2.24) is 5.32 Å². The fraction of sp³-hybridized carbons (Fsp3) is 0.381. The highest BCUT2D eigenvalue weighted by atomic mass is 35.5. The van der Waals surface area contributed by atoms with E-state index in [0.29, 0.717) is 17.2 Å². The van der Waals surface area contributed by atoms with Gasteiger partial charge in [-0.1, -0.05) is 30.7 Å². The summed E-state index contributed by atoms with van der Waals surface area (Å²) in [5.41, 5.74) is 0.279. The molecule has 0 aromatic heterocycles. The first kappa shape index (κ1) is 23.0. The van der Waals surface area contributed by atoms with Crippen molar-refractivity contribution >= 4 is 33.2 Å². The Morgan fingerprint density at radius 1 is 1.29 bits per heavy atom. The summed E-state index contributed by atoms with van der Waals surface area (Å²) in [6, 6.07) is 10.9. The van der Waals surface area contributed by atoms with E-state index in [2.05, 4.69) is 5.32 Å². The van der Waals surface area contributed by atoms with Crippen molar-refractivity contribution in [3.63, 3.8) is 0 Å². The molecule has 1 aliphatic heterocycles. The quantitative estimate of drug-likeness (QED) is 0.640. The summed E-state index contributed by atoms with van der Waals surface area (Å²) in [6.45, 7) is 2.19. The van der Waals surface area contributed by atoms with E-state index in [1.807, 2.05) is 12.1 Å². The third kappa shape index (κ3) is 5.34. The summed E-state index contributed by atoms with van der Waals surface area (Å²) in [6.07, 6.45) is 0.919. The summed E-state index contributed by atoms with van der Waals surface area (Å²) >= 11 is 6.18. The Morgan fingerprint density at radius 2 is 2.00 bits per heavy atom. The number of nitrogens with one attached hydrogen (secondary N) is 1. The highest BCUT2D eigenvalue weighted by Crippen LogP contribution is 2.32. The molecular weight excluding hydrogens is 444 g/mol. The maximum Gasteiger partial charge on any atom is 0.244 e. The second-order valence-corrected chi connectivity index (χ2v) is 9.31. The number of para-hydroxylation sites is 2. The normalized spacial score (nSPS) is 16.3. The molecule has 1 amide bonds. The number of ether oxygens (including phenoxy) is 3. The minimum absolute atomic E-state index is 0.171. The second-order valence-electron chi connectivity index (χ2n) is 7.04. The van der Waals surface area contributed by atoms with Crippen LogP contribution in [0.25, 0.3) is 0 Å². The highest BCUT2D eigenvalue weighted by Gasteiger charge is 2.32. The molecule has 1 heterocycles. The minimum atomic E-state index is -3.78. The number of halogens is 1. The topological polar surface area (TPSA) is 94.2 Å². The summed E-state index contributed by atoms with van der Waals surface area (Å²) in [4.78, 5) is 13.0. The maximum atomic E-state index is 13.0. The van der Waals surface area contributed by atoms with E-state index in [9.17, 15) is 13.2 Å². The Kier molecular flexibility index (Phi) is 7.17. The molecule has 0 spiro atoms. The zero-order chi connectivity index (χ0) is 22.6. The maximum absolute atomic E-state index is 13.0. The highest BCUT2D eigenvalue weighted by molar-refractivity contribution is 7.92. The van der Waals surface area contributed by atoms with Crippen LogP contribution in [0, 0.1) is 0 Å². The molecule has 0 radical (unpaired) electrons. The molecule has 3 rings (SSSR count). The van der Waals surface area contributed by atoms with Gasteiger partial charge in [0.1, 0.15) is 24.5 Å². The van der Waals surface area contributed by atoms with Gasteiger partial charge in [0.25, 0.3) is 0 Å². The third-order valence-electron chi connectivity index (χ3n) is 4.79. The lowest BCUT2D eigenvalue weighted by atomic mass is 10.1. The molecular formula is C21H25ClN2O6S. The van der Waals surface area contributed by atoms with Crippen LogP contribution in [0.15, 0.2) is 42.5 Å². The summed E-state index contributed by atoms with van der Waals surface area (Å²) in [7, 11) is -2.31. The minimum Gasteiger partial charge on any atom is -0.495 e. The van der Waals surface area contributed by atoms with E-state index in [1.54, 1.807) is 31.2 Å². The molecule has 2 aromatic carbocycles. The number of methoxy groups -OCH3 is 1. The molecule has 31 heavy (non-hydrogen) atoms. The van der Waals surface area contributed by atoms with Crippen LogP contribution < -0.4 is 23.8 Å². The number of anilines is 1. The largest absolute Gasteiger partial charge is 0.495 e. The van der Waals surface area contributed by atoms with Crippen LogP contribution in [0.4, 0.5) is 5.69 Å². The molecule has 8 nitrogen and oxygen atoms in total. The SMILES string of the molecule is CC[C@@H](C(=O)NC[C@@H]1COc2ccccc2O1)N(c1ccc(OC)c(Cl)c1)S(C)(=O)=O. The van der Waals surface area contributed by atoms with Gasteiger partial charge in [0.15, 0.2) is 11.5 Å². The van der Waals surface area contributed by atoms with Gasteiger partial charge >= 0.3 is 0 Å². The number of amides is 1. The molecule has 0 bridgehead atoms. The zero-order valence-corrected chi connectivity index (χ0v) is 19.1. The van der Waals surface area contributed by atoms with E-state index in [4.69, 9.17) is 25.8 Å². The van der Waals surface area contributed by atoms with Crippen LogP contribution >= 0.6 is 11.6 Å². The Labute approximate surface area is 187 Å². The second kappa shape index (κ2) is 9.65. The molecule has 1 N–H and O–H groups in total. The van der Waals surface area contributed by atoms with Crippen molar-refractivity contribution in [2.45, 2.75) is 25.5 Å². The third-order valence-corrected chi connectivity index (χ3v) is 6.27. The van der Waals surface area contributed by atoms with Crippen LogP contribution in [0.2, 0.25) is 5.02 Å². The van der Waals surface area contributed by atoms with Gasteiger partial charge in [-0.25, -0.2) is 8.42 Å². The van der Waals surface area contributed by atoms with E-state index in [1.165, 1.54) is 13.2 Å².